The van der Waals surface area contributed by atoms with Gasteiger partial charge in [0.25, 0.3) is 0 Å². The van der Waals surface area contributed by atoms with Crippen LogP contribution in [-0.4, -0.2) is 32.0 Å². The van der Waals surface area contributed by atoms with Gasteiger partial charge in [0.05, 0.1) is 12.6 Å². The van der Waals surface area contributed by atoms with Crippen molar-refractivity contribution >= 4 is 22.5 Å². The Bertz CT molecular complexity index is 961. The largest absolute Gasteiger partial charge is 0.497 e. The van der Waals surface area contributed by atoms with Crippen LogP contribution in [0.4, 0.5) is 5.82 Å². The number of aromatic nitrogens is 1. The number of ketones is 1. The molecular weight excluding hydrogens is 288 g/mol. The second kappa shape index (κ2) is 4.81. The number of carbonyl (C=O) groups is 1. The minimum Gasteiger partial charge on any atom is -0.497 e. The van der Waals surface area contributed by atoms with Crippen molar-refractivity contribution in [1.82, 2.24) is 4.98 Å². The normalized spacial score (nSPS) is 12.2. The van der Waals surface area contributed by atoms with Gasteiger partial charge in [0, 0.05) is 36.2 Å². The van der Waals surface area contributed by atoms with Gasteiger partial charge in [-0.25, -0.2) is 4.98 Å². The summed E-state index contributed by atoms with van der Waals surface area (Å²) in [6, 6.07) is 13.4. The SMILES string of the molecule is COc1ccc2c(c1)C(=O)c1c-2c(N(C)C)nc2ccccc12. The summed E-state index contributed by atoms with van der Waals surface area (Å²) in [5, 5.41) is 0.897. The van der Waals surface area contributed by atoms with Crippen LogP contribution in [0, 0.1) is 0 Å². The van der Waals surface area contributed by atoms with Crippen molar-refractivity contribution in [3.8, 4) is 16.9 Å². The first-order chi connectivity index (χ1) is 11.1. The van der Waals surface area contributed by atoms with Crippen LogP contribution in [0.3, 0.4) is 0 Å². The third-order valence-electron chi connectivity index (χ3n) is 4.26. The molecule has 0 unspecified atom stereocenters. The molecule has 0 amide bonds. The fourth-order valence-corrected chi connectivity index (χ4v) is 3.20. The van der Waals surface area contributed by atoms with E-state index in [4.69, 9.17) is 9.72 Å². The molecule has 114 valence electrons. The minimum absolute atomic E-state index is 0.0376. The van der Waals surface area contributed by atoms with Gasteiger partial charge in [0.2, 0.25) is 0 Å². The molecule has 4 rings (SSSR count). The number of fused-ring (bicyclic) bond motifs is 5. The summed E-state index contributed by atoms with van der Waals surface area (Å²) in [4.78, 5) is 19.8. The molecule has 4 heteroatoms. The van der Waals surface area contributed by atoms with Crippen molar-refractivity contribution in [3.63, 3.8) is 0 Å². The molecule has 0 fully saturated rings. The van der Waals surface area contributed by atoms with Gasteiger partial charge < -0.3 is 9.64 Å². The van der Waals surface area contributed by atoms with E-state index in [9.17, 15) is 4.79 Å². The van der Waals surface area contributed by atoms with Gasteiger partial charge in [0.15, 0.2) is 5.78 Å². The van der Waals surface area contributed by atoms with Crippen LogP contribution in [-0.2, 0) is 0 Å². The van der Waals surface area contributed by atoms with Crippen LogP contribution < -0.4 is 9.64 Å². The van der Waals surface area contributed by atoms with E-state index < -0.39 is 0 Å². The van der Waals surface area contributed by atoms with Gasteiger partial charge in [-0.15, -0.1) is 0 Å². The molecule has 0 N–H and O–H groups in total. The zero-order valence-electron chi connectivity index (χ0n) is 13.3. The Hall–Kier alpha value is -2.88. The number of ether oxygens (including phenoxy) is 1. The Balaban J connectivity index is 2.14. The lowest BCUT2D eigenvalue weighted by Crippen LogP contribution is -2.13. The Labute approximate surface area is 134 Å². The molecule has 2 aromatic carbocycles. The molecule has 1 aliphatic rings. The number of anilines is 1. The molecule has 0 atom stereocenters. The van der Waals surface area contributed by atoms with Crippen molar-refractivity contribution in [2.24, 2.45) is 0 Å². The Morgan fingerprint density at radius 3 is 2.52 bits per heavy atom. The topological polar surface area (TPSA) is 42.4 Å². The number of benzene rings is 2. The van der Waals surface area contributed by atoms with Gasteiger partial charge >= 0.3 is 0 Å². The summed E-state index contributed by atoms with van der Waals surface area (Å²) in [6.45, 7) is 0. The maximum atomic E-state index is 13.0. The van der Waals surface area contributed by atoms with Gasteiger partial charge in [-0.2, -0.15) is 0 Å². The fraction of sp³-hybridized carbons (Fsp3) is 0.158. The second-order valence-electron chi connectivity index (χ2n) is 5.84. The molecule has 0 bridgehead atoms. The number of methoxy groups -OCH3 is 1. The quantitative estimate of drug-likeness (QED) is 0.568. The monoisotopic (exact) mass is 304 g/mol. The number of hydrogen-bond acceptors (Lipinski definition) is 4. The van der Waals surface area contributed by atoms with E-state index in [1.54, 1.807) is 7.11 Å². The van der Waals surface area contributed by atoms with Gasteiger partial charge in [-0.1, -0.05) is 18.2 Å². The van der Waals surface area contributed by atoms with Crippen LogP contribution >= 0.6 is 0 Å². The maximum Gasteiger partial charge on any atom is 0.195 e. The highest BCUT2D eigenvalue weighted by molar-refractivity contribution is 6.28. The predicted molar refractivity (Wildman–Crippen MR) is 91.5 cm³/mol. The van der Waals surface area contributed by atoms with E-state index >= 15 is 0 Å². The number of para-hydroxylation sites is 1. The zero-order valence-corrected chi connectivity index (χ0v) is 13.3. The molecule has 1 heterocycles. The number of hydrogen-bond donors (Lipinski definition) is 0. The highest BCUT2D eigenvalue weighted by Gasteiger charge is 2.32. The van der Waals surface area contributed by atoms with Crippen LogP contribution in [0.25, 0.3) is 22.0 Å². The van der Waals surface area contributed by atoms with Gasteiger partial charge in [0.1, 0.15) is 11.6 Å². The third-order valence-corrected chi connectivity index (χ3v) is 4.26. The number of pyridine rings is 1. The summed E-state index contributed by atoms with van der Waals surface area (Å²) in [7, 11) is 5.50. The van der Waals surface area contributed by atoms with Crippen LogP contribution in [0.2, 0.25) is 0 Å². The first-order valence-corrected chi connectivity index (χ1v) is 7.45. The average molecular weight is 304 g/mol. The second-order valence-corrected chi connectivity index (χ2v) is 5.84. The fourth-order valence-electron chi connectivity index (χ4n) is 3.20. The Kier molecular flexibility index (Phi) is 2.88. The molecular formula is C19H16N2O2. The van der Waals surface area contributed by atoms with Crippen molar-refractivity contribution in [2.75, 3.05) is 26.1 Å². The van der Waals surface area contributed by atoms with Gasteiger partial charge in [-0.05, 0) is 29.8 Å². The molecule has 4 nitrogen and oxygen atoms in total. The highest BCUT2D eigenvalue weighted by atomic mass is 16.5. The summed E-state index contributed by atoms with van der Waals surface area (Å²) >= 11 is 0. The van der Waals surface area contributed by atoms with Crippen molar-refractivity contribution in [2.45, 2.75) is 0 Å². The maximum absolute atomic E-state index is 13.0. The predicted octanol–water partition coefficient (Wildman–Crippen LogP) is 3.52. The minimum atomic E-state index is 0.0376. The summed E-state index contributed by atoms with van der Waals surface area (Å²) in [5.74, 6) is 1.54. The number of rotatable bonds is 2. The van der Waals surface area contributed by atoms with Crippen molar-refractivity contribution in [1.29, 1.82) is 0 Å². The molecule has 1 aromatic heterocycles. The van der Waals surface area contributed by atoms with Crippen LogP contribution in [0.15, 0.2) is 42.5 Å². The summed E-state index contributed by atoms with van der Waals surface area (Å²) in [5.41, 5.74) is 4.09. The smallest absolute Gasteiger partial charge is 0.195 e. The number of carbonyl (C=O) groups excluding carboxylic acids is 1. The van der Waals surface area contributed by atoms with Crippen LogP contribution in [0.5, 0.6) is 5.75 Å². The lowest BCUT2D eigenvalue weighted by atomic mass is 10.0. The molecule has 0 radical (unpaired) electrons. The zero-order chi connectivity index (χ0) is 16.1. The Morgan fingerprint density at radius 1 is 1.00 bits per heavy atom. The van der Waals surface area contributed by atoms with E-state index in [0.717, 1.165) is 33.4 Å². The molecule has 0 saturated carbocycles. The molecule has 0 spiro atoms. The average Bonchev–Trinajstić information content (AvgIpc) is 2.87. The first-order valence-electron chi connectivity index (χ1n) is 7.45. The van der Waals surface area contributed by atoms with Gasteiger partial charge in [-0.3, -0.25) is 4.79 Å². The van der Waals surface area contributed by atoms with E-state index in [1.807, 2.05) is 61.5 Å². The third kappa shape index (κ3) is 1.84. The van der Waals surface area contributed by atoms with E-state index in [-0.39, 0.29) is 5.78 Å². The number of nitrogens with zero attached hydrogens (tertiary/aromatic N) is 2. The van der Waals surface area contributed by atoms with Crippen molar-refractivity contribution in [3.05, 3.63) is 53.6 Å². The molecule has 3 aromatic rings. The van der Waals surface area contributed by atoms with E-state index in [1.165, 1.54) is 0 Å². The highest BCUT2D eigenvalue weighted by Crippen LogP contribution is 2.45. The lowest BCUT2D eigenvalue weighted by molar-refractivity contribution is 0.104. The molecule has 0 aliphatic heterocycles. The lowest BCUT2D eigenvalue weighted by Gasteiger charge is -2.17. The standard InChI is InChI=1S/C19H16N2O2/c1-21(2)19-17-12-9-8-11(23-3)10-14(12)18(22)16(17)13-6-4-5-7-15(13)20-19/h4-10H,1-3H3. The first kappa shape index (κ1) is 13.8. The molecule has 23 heavy (non-hydrogen) atoms. The molecule has 0 saturated heterocycles. The summed E-state index contributed by atoms with van der Waals surface area (Å²) in [6.07, 6.45) is 0. The van der Waals surface area contributed by atoms with E-state index in [0.29, 0.717) is 11.3 Å². The molecule has 1 aliphatic carbocycles. The van der Waals surface area contributed by atoms with Crippen LogP contribution in [0.1, 0.15) is 15.9 Å². The Morgan fingerprint density at radius 2 is 1.78 bits per heavy atom. The summed E-state index contributed by atoms with van der Waals surface area (Å²) < 4.78 is 5.27. The van der Waals surface area contributed by atoms with Crippen molar-refractivity contribution < 1.29 is 9.53 Å². The van der Waals surface area contributed by atoms with E-state index in [2.05, 4.69) is 0 Å².